The zero-order chi connectivity index (χ0) is 15.0. The van der Waals surface area contributed by atoms with E-state index in [9.17, 15) is 4.79 Å². The van der Waals surface area contributed by atoms with Gasteiger partial charge in [0.2, 0.25) is 0 Å². The summed E-state index contributed by atoms with van der Waals surface area (Å²) in [5, 5.41) is 5.88. The van der Waals surface area contributed by atoms with E-state index in [1.165, 1.54) is 0 Å². The van der Waals surface area contributed by atoms with Gasteiger partial charge in [-0.2, -0.15) is 0 Å². The van der Waals surface area contributed by atoms with Crippen molar-refractivity contribution in [2.24, 2.45) is 5.84 Å². The van der Waals surface area contributed by atoms with E-state index in [2.05, 4.69) is 16.1 Å². The summed E-state index contributed by atoms with van der Waals surface area (Å²) in [6.45, 7) is 6.04. The first-order valence-corrected chi connectivity index (χ1v) is 6.36. The Bertz CT molecular complexity index is 466. The number of hydrazine groups is 1. The second-order valence-electron chi connectivity index (χ2n) is 5.12. The molecule has 0 heterocycles. The van der Waals surface area contributed by atoms with Gasteiger partial charge >= 0.3 is 6.09 Å². The summed E-state index contributed by atoms with van der Waals surface area (Å²) in [6, 6.07) is 7.40. The van der Waals surface area contributed by atoms with Crippen LogP contribution in [0.5, 0.6) is 0 Å². The molecule has 0 spiro atoms. The number of carbonyl (C=O) groups excluding carboxylic acids is 1. The largest absolute Gasteiger partial charge is 0.444 e. The van der Waals surface area contributed by atoms with E-state index >= 15 is 0 Å². The van der Waals surface area contributed by atoms with E-state index in [1.54, 1.807) is 12.3 Å². The highest BCUT2D eigenvalue weighted by Gasteiger charge is 2.16. The molecule has 6 nitrogen and oxygen atoms in total. The van der Waals surface area contributed by atoms with Crippen LogP contribution in [-0.2, 0) is 4.74 Å². The van der Waals surface area contributed by atoms with Crippen molar-refractivity contribution in [1.29, 1.82) is 0 Å². The lowest BCUT2D eigenvalue weighted by Crippen LogP contribution is -2.27. The first-order chi connectivity index (χ1) is 9.42. The molecule has 1 amide bonds. The van der Waals surface area contributed by atoms with Crippen LogP contribution >= 0.6 is 0 Å². The van der Waals surface area contributed by atoms with E-state index in [0.29, 0.717) is 12.2 Å². The molecule has 0 aromatic heterocycles. The van der Waals surface area contributed by atoms with Gasteiger partial charge in [0.25, 0.3) is 0 Å². The van der Waals surface area contributed by atoms with Crippen LogP contribution in [0, 0.1) is 0 Å². The van der Waals surface area contributed by atoms with Crippen LogP contribution < -0.4 is 21.9 Å². The number of ether oxygens (including phenoxy) is 1. The average molecular weight is 278 g/mol. The van der Waals surface area contributed by atoms with Gasteiger partial charge in [0.15, 0.2) is 0 Å². The lowest BCUT2D eigenvalue weighted by Gasteiger charge is -2.20. The predicted molar refractivity (Wildman–Crippen MR) is 81.3 cm³/mol. The standard InChI is InChI=1S/C14H22N4O2/c1-14(2,3)20-13(19)18-12-8-5-4-7-11(12)16-9-6-10-17-15/h4-8,10,16-17H,9,15H2,1-3H3,(H,18,19)/b10-6-. The van der Waals surface area contributed by atoms with Crippen molar-refractivity contribution in [3.63, 3.8) is 0 Å². The van der Waals surface area contributed by atoms with Crippen molar-refractivity contribution >= 4 is 17.5 Å². The fourth-order valence-electron chi connectivity index (χ4n) is 1.46. The van der Waals surface area contributed by atoms with Crippen LogP contribution in [0.15, 0.2) is 36.5 Å². The van der Waals surface area contributed by atoms with Gasteiger partial charge in [-0.3, -0.25) is 11.2 Å². The summed E-state index contributed by atoms with van der Waals surface area (Å²) in [5.41, 5.74) is 3.36. The molecule has 20 heavy (non-hydrogen) atoms. The summed E-state index contributed by atoms with van der Waals surface area (Å²) >= 11 is 0. The van der Waals surface area contributed by atoms with E-state index in [4.69, 9.17) is 10.6 Å². The van der Waals surface area contributed by atoms with Crippen LogP contribution in [0.2, 0.25) is 0 Å². The highest BCUT2D eigenvalue weighted by atomic mass is 16.6. The molecule has 0 radical (unpaired) electrons. The highest BCUT2D eigenvalue weighted by molar-refractivity contribution is 5.89. The lowest BCUT2D eigenvalue weighted by atomic mass is 10.2. The molecule has 1 aromatic carbocycles. The molecule has 0 fully saturated rings. The molecule has 1 aromatic rings. The summed E-state index contributed by atoms with van der Waals surface area (Å²) in [4.78, 5) is 11.8. The van der Waals surface area contributed by atoms with Crippen molar-refractivity contribution < 1.29 is 9.53 Å². The minimum Gasteiger partial charge on any atom is -0.444 e. The zero-order valence-electron chi connectivity index (χ0n) is 12.1. The van der Waals surface area contributed by atoms with Crippen LogP contribution in [0.1, 0.15) is 20.8 Å². The Balaban J connectivity index is 2.65. The number of rotatable bonds is 5. The number of nitrogens with one attached hydrogen (secondary N) is 3. The first-order valence-electron chi connectivity index (χ1n) is 6.36. The van der Waals surface area contributed by atoms with Crippen molar-refractivity contribution in [3.05, 3.63) is 36.5 Å². The molecular formula is C14H22N4O2. The second kappa shape index (κ2) is 7.40. The molecule has 0 aliphatic carbocycles. The number of carbonyl (C=O) groups is 1. The topological polar surface area (TPSA) is 88.4 Å². The third kappa shape index (κ3) is 6.10. The second-order valence-corrected chi connectivity index (χ2v) is 5.12. The normalized spacial score (nSPS) is 11.2. The van der Waals surface area contributed by atoms with Gasteiger partial charge in [-0.1, -0.05) is 12.1 Å². The van der Waals surface area contributed by atoms with Crippen LogP contribution in [0.25, 0.3) is 0 Å². The van der Waals surface area contributed by atoms with Crippen molar-refractivity contribution in [3.8, 4) is 0 Å². The van der Waals surface area contributed by atoms with Crippen molar-refractivity contribution in [1.82, 2.24) is 5.43 Å². The maximum absolute atomic E-state index is 11.8. The number of amides is 1. The minimum absolute atomic E-state index is 0.481. The maximum atomic E-state index is 11.8. The summed E-state index contributed by atoms with van der Waals surface area (Å²) in [5.74, 6) is 5.12. The molecular weight excluding hydrogens is 256 g/mol. The fourth-order valence-corrected chi connectivity index (χ4v) is 1.46. The van der Waals surface area contributed by atoms with Gasteiger partial charge in [0.05, 0.1) is 11.4 Å². The maximum Gasteiger partial charge on any atom is 0.412 e. The monoisotopic (exact) mass is 278 g/mol. The van der Waals surface area contributed by atoms with Gasteiger partial charge in [-0.15, -0.1) is 0 Å². The Morgan fingerprint density at radius 3 is 2.55 bits per heavy atom. The Kier molecular flexibility index (Phi) is 5.86. The molecule has 0 unspecified atom stereocenters. The minimum atomic E-state index is -0.526. The fraction of sp³-hybridized carbons (Fsp3) is 0.357. The Hall–Kier alpha value is -2.21. The number of hydrogen-bond acceptors (Lipinski definition) is 5. The van der Waals surface area contributed by atoms with E-state index in [1.807, 2.05) is 45.0 Å². The molecule has 1 rings (SSSR count). The lowest BCUT2D eigenvalue weighted by molar-refractivity contribution is 0.0636. The molecule has 0 saturated carbocycles. The van der Waals surface area contributed by atoms with Crippen LogP contribution in [0.4, 0.5) is 16.2 Å². The molecule has 110 valence electrons. The SMILES string of the molecule is CC(C)(C)OC(=O)Nc1ccccc1NC/C=C\NN. The molecule has 6 heteroatoms. The molecule has 0 bridgehead atoms. The third-order valence-electron chi connectivity index (χ3n) is 2.19. The van der Waals surface area contributed by atoms with Gasteiger partial charge < -0.3 is 15.5 Å². The number of hydrogen-bond donors (Lipinski definition) is 4. The first kappa shape index (κ1) is 15.8. The van der Waals surface area contributed by atoms with Gasteiger partial charge in [-0.25, -0.2) is 4.79 Å². The highest BCUT2D eigenvalue weighted by Crippen LogP contribution is 2.21. The summed E-state index contributed by atoms with van der Waals surface area (Å²) in [6.07, 6.45) is 2.96. The Morgan fingerprint density at radius 1 is 1.30 bits per heavy atom. The predicted octanol–water partition coefficient (Wildman–Crippen LogP) is 2.42. The smallest absolute Gasteiger partial charge is 0.412 e. The van der Waals surface area contributed by atoms with Crippen LogP contribution in [0.3, 0.4) is 0 Å². The van der Waals surface area contributed by atoms with Gasteiger partial charge in [-0.05, 0) is 39.0 Å². The van der Waals surface area contributed by atoms with E-state index in [0.717, 1.165) is 5.69 Å². The van der Waals surface area contributed by atoms with Crippen LogP contribution in [-0.4, -0.2) is 18.2 Å². The molecule has 0 aliphatic rings. The van der Waals surface area contributed by atoms with Crippen molar-refractivity contribution in [2.45, 2.75) is 26.4 Å². The molecule has 0 saturated heterocycles. The Morgan fingerprint density at radius 2 is 1.95 bits per heavy atom. The number of para-hydroxylation sites is 2. The Labute approximate surface area is 119 Å². The number of benzene rings is 1. The molecule has 5 N–H and O–H groups in total. The quantitative estimate of drug-likeness (QED) is 0.491. The van der Waals surface area contributed by atoms with E-state index < -0.39 is 11.7 Å². The summed E-state index contributed by atoms with van der Waals surface area (Å²) in [7, 11) is 0. The zero-order valence-corrected chi connectivity index (χ0v) is 12.1. The van der Waals surface area contributed by atoms with Crippen molar-refractivity contribution in [2.75, 3.05) is 17.2 Å². The molecule has 0 atom stereocenters. The van der Waals surface area contributed by atoms with Gasteiger partial charge in [0, 0.05) is 12.7 Å². The molecule has 0 aliphatic heterocycles. The number of anilines is 2. The third-order valence-corrected chi connectivity index (χ3v) is 2.19. The number of nitrogens with two attached hydrogens (primary N) is 1. The summed E-state index contributed by atoms with van der Waals surface area (Å²) < 4.78 is 5.22. The van der Waals surface area contributed by atoms with Gasteiger partial charge in [0.1, 0.15) is 5.60 Å². The van der Waals surface area contributed by atoms with E-state index in [-0.39, 0.29) is 0 Å². The average Bonchev–Trinajstić information content (AvgIpc) is 2.34.